The van der Waals surface area contributed by atoms with E-state index in [1.54, 1.807) is 0 Å². The average Bonchev–Trinajstić information content (AvgIpc) is 3.33. The Balaban J connectivity index is 1.49. The van der Waals surface area contributed by atoms with Crippen molar-refractivity contribution in [2.45, 2.75) is 51.9 Å². The van der Waals surface area contributed by atoms with Gasteiger partial charge in [-0.3, -0.25) is 19.7 Å². The number of nitro benzene ring substituents is 1. The highest BCUT2D eigenvalue weighted by molar-refractivity contribution is 6.24. The van der Waals surface area contributed by atoms with Crippen LogP contribution in [0.15, 0.2) is 48.5 Å². The van der Waals surface area contributed by atoms with Crippen molar-refractivity contribution in [1.29, 1.82) is 0 Å². The summed E-state index contributed by atoms with van der Waals surface area (Å²) in [5.74, 6) is -0.597. The maximum atomic E-state index is 14.0. The molecule has 2 aromatic carbocycles. The molecule has 1 N–H and O–H groups in total. The van der Waals surface area contributed by atoms with Gasteiger partial charge in [-0.05, 0) is 66.2 Å². The summed E-state index contributed by atoms with van der Waals surface area (Å²) in [5, 5.41) is 12.3. The van der Waals surface area contributed by atoms with Crippen molar-refractivity contribution >= 4 is 34.1 Å². The van der Waals surface area contributed by atoms with E-state index in [1.807, 2.05) is 18.2 Å². The standard InChI is InChI=1S/C28H29N3O4/c1-28(2,3)15-8-13-18-20(14-15)23-24(25-22(18)19-6-4-5-7-21(19)29-25)27(33)30(26(23)32)16-9-11-17(12-10-16)31(34)35/h4-7,9-12,15,18,20,23-24,29H,8,13-14H2,1-3H3/t15-,18+,20+,23+,24-/m0/s1. The minimum absolute atomic E-state index is 0.0662. The Morgan fingerprint density at radius 1 is 1.00 bits per heavy atom. The van der Waals surface area contributed by atoms with Gasteiger partial charge in [0.15, 0.2) is 0 Å². The third kappa shape index (κ3) is 3.17. The number of rotatable bonds is 2. The second-order valence-electron chi connectivity index (χ2n) is 11.4. The zero-order valence-corrected chi connectivity index (χ0v) is 20.2. The quantitative estimate of drug-likeness (QED) is 0.285. The molecule has 0 radical (unpaired) electrons. The van der Waals surface area contributed by atoms with E-state index in [0.29, 0.717) is 11.6 Å². The Bertz CT molecular complexity index is 1370. The number of benzene rings is 2. The van der Waals surface area contributed by atoms with Gasteiger partial charge in [-0.1, -0.05) is 39.0 Å². The van der Waals surface area contributed by atoms with E-state index in [0.717, 1.165) is 35.9 Å². The van der Waals surface area contributed by atoms with Crippen LogP contribution in [0.5, 0.6) is 0 Å². The summed E-state index contributed by atoms with van der Waals surface area (Å²) in [6.07, 6.45) is 3.03. The molecule has 7 nitrogen and oxygen atoms in total. The normalized spacial score (nSPS) is 28.1. The fourth-order valence-corrected chi connectivity index (χ4v) is 6.98. The Labute approximate surface area is 203 Å². The van der Waals surface area contributed by atoms with Gasteiger partial charge in [0, 0.05) is 28.7 Å². The maximum absolute atomic E-state index is 14.0. The number of imide groups is 1. The number of nitrogens with zero attached hydrogens (tertiary/aromatic N) is 2. The van der Waals surface area contributed by atoms with Gasteiger partial charge in [0.25, 0.3) is 5.69 Å². The Hall–Kier alpha value is -3.48. The lowest BCUT2D eigenvalue weighted by atomic mass is 9.56. The van der Waals surface area contributed by atoms with Crippen LogP contribution in [-0.2, 0) is 9.59 Å². The summed E-state index contributed by atoms with van der Waals surface area (Å²) in [6, 6.07) is 13.9. The lowest BCUT2D eigenvalue weighted by Crippen LogP contribution is -2.41. The van der Waals surface area contributed by atoms with Crippen molar-refractivity contribution in [1.82, 2.24) is 4.98 Å². The minimum atomic E-state index is -0.555. The lowest BCUT2D eigenvalue weighted by Gasteiger charge is -2.47. The number of hydrogen-bond donors (Lipinski definition) is 1. The van der Waals surface area contributed by atoms with Crippen LogP contribution in [-0.4, -0.2) is 21.7 Å². The second-order valence-corrected chi connectivity index (χ2v) is 11.4. The molecule has 1 saturated carbocycles. The van der Waals surface area contributed by atoms with Crippen molar-refractivity contribution in [2.75, 3.05) is 4.90 Å². The number of anilines is 1. The molecule has 3 aliphatic rings. The first-order chi connectivity index (χ1) is 16.7. The summed E-state index contributed by atoms with van der Waals surface area (Å²) in [7, 11) is 0. The van der Waals surface area contributed by atoms with E-state index in [2.05, 4.69) is 31.8 Å². The number of carbonyl (C=O) groups excluding carboxylic acids is 2. The molecular formula is C28H29N3O4. The monoisotopic (exact) mass is 471 g/mol. The van der Waals surface area contributed by atoms with Crippen LogP contribution in [0.1, 0.15) is 63.1 Å². The van der Waals surface area contributed by atoms with Gasteiger partial charge in [-0.15, -0.1) is 0 Å². The molecule has 6 rings (SSSR count). The van der Waals surface area contributed by atoms with Crippen LogP contribution < -0.4 is 4.90 Å². The number of non-ortho nitro benzene ring substituents is 1. The predicted molar refractivity (Wildman–Crippen MR) is 133 cm³/mol. The molecule has 0 bridgehead atoms. The Morgan fingerprint density at radius 3 is 2.40 bits per heavy atom. The lowest BCUT2D eigenvalue weighted by molar-refractivity contribution is -0.384. The Kier molecular flexibility index (Phi) is 4.72. The molecule has 1 aliphatic heterocycles. The van der Waals surface area contributed by atoms with Crippen molar-refractivity contribution in [2.24, 2.45) is 23.2 Å². The van der Waals surface area contributed by atoms with Gasteiger partial charge < -0.3 is 4.98 Å². The first-order valence-electron chi connectivity index (χ1n) is 12.4. The second kappa shape index (κ2) is 7.51. The van der Waals surface area contributed by atoms with Crippen LogP contribution in [0.25, 0.3) is 10.9 Å². The molecule has 2 aliphatic carbocycles. The number of nitrogens with one attached hydrogen (secondary N) is 1. The number of para-hydroxylation sites is 1. The summed E-state index contributed by atoms with van der Waals surface area (Å²) < 4.78 is 0. The van der Waals surface area contributed by atoms with E-state index in [1.165, 1.54) is 34.7 Å². The zero-order chi connectivity index (χ0) is 24.6. The molecule has 0 spiro atoms. The number of aromatic amines is 1. The molecular weight excluding hydrogens is 442 g/mol. The molecule has 7 heteroatoms. The molecule has 180 valence electrons. The molecule has 0 unspecified atom stereocenters. The van der Waals surface area contributed by atoms with E-state index in [4.69, 9.17) is 0 Å². The van der Waals surface area contributed by atoms with Gasteiger partial charge >= 0.3 is 0 Å². The van der Waals surface area contributed by atoms with Gasteiger partial charge in [0.05, 0.1) is 22.4 Å². The first kappa shape index (κ1) is 22.0. The molecule has 2 heterocycles. The summed E-state index contributed by atoms with van der Waals surface area (Å²) in [5.41, 5.74) is 3.56. The summed E-state index contributed by atoms with van der Waals surface area (Å²) >= 11 is 0. The Morgan fingerprint density at radius 2 is 1.71 bits per heavy atom. The minimum Gasteiger partial charge on any atom is -0.357 e. The highest BCUT2D eigenvalue weighted by atomic mass is 16.6. The largest absolute Gasteiger partial charge is 0.357 e. The van der Waals surface area contributed by atoms with Crippen LogP contribution in [0.3, 0.4) is 0 Å². The van der Waals surface area contributed by atoms with Crippen LogP contribution in [0.4, 0.5) is 11.4 Å². The van der Waals surface area contributed by atoms with E-state index >= 15 is 0 Å². The topological polar surface area (TPSA) is 96.3 Å². The average molecular weight is 472 g/mol. The van der Waals surface area contributed by atoms with Crippen LogP contribution in [0.2, 0.25) is 0 Å². The van der Waals surface area contributed by atoms with Crippen molar-refractivity contribution in [3.05, 3.63) is 69.9 Å². The first-order valence-corrected chi connectivity index (χ1v) is 12.4. The number of fused-ring (bicyclic) bond motifs is 8. The fraction of sp³-hybridized carbons (Fsp3) is 0.429. The van der Waals surface area contributed by atoms with Crippen molar-refractivity contribution in [3.8, 4) is 0 Å². The van der Waals surface area contributed by atoms with Gasteiger partial charge in [0.1, 0.15) is 0 Å². The number of aromatic nitrogens is 1. The third-order valence-electron chi connectivity index (χ3n) is 8.71. The number of hydrogen-bond acceptors (Lipinski definition) is 4. The molecule has 2 fully saturated rings. The van der Waals surface area contributed by atoms with E-state index in [-0.39, 0.29) is 34.8 Å². The predicted octanol–water partition coefficient (Wildman–Crippen LogP) is 5.91. The molecule has 1 saturated heterocycles. The number of nitro groups is 1. The van der Waals surface area contributed by atoms with Gasteiger partial charge in [-0.2, -0.15) is 0 Å². The summed E-state index contributed by atoms with van der Waals surface area (Å²) in [6.45, 7) is 6.79. The van der Waals surface area contributed by atoms with Crippen molar-refractivity contribution < 1.29 is 14.5 Å². The highest BCUT2D eigenvalue weighted by Gasteiger charge is 2.59. The SMILES string of the molecule is CC(C)(C)[C@H]1CC[C@H]2c3c([nH]c4ccccc34)[C@H]3C(=O)N(c4ccc([N+](=O)[O-])cc4)C(=O)[C@@H]3[C@@H]2C1. The van der Waals surface area contributed by atoms with E-state index in [9.17, 15) is 19.7 Å². The fourth-order valence-electron chi connectivity index (χ4n) is 6.98. The zero-order valence-electron chi connectivity index (χ0n) is 20.2. The number of carbonyl (C=O) groups is 2. The summed E-state index contributed by atoms with van der Waals surface area (Å²) in [4.78, 5) is 43.3. The highest BCUT2D eigenvalue weighted by Crippen LogP contribution is 2.60. The third-order valence-corrected chi connectivity index (χ3v) is 8.71. The smallest absolute Gasteiger partial charge is 0.269 e. The van der Waals surface area contributed by atoms with Gasteiger partial charge in [-0.25, -0.2) is 4.90 Å². The molecule has 5 atom stereocenters. The van der Waals surface area contributed by atoms with Crippen LogP contribution in [0, 0.1) is 33.3 Å². The molecule has 1 aromatic heterocycles. The maximum Gasteiger partial charge on any atom is 0.269 e. The van der Waals surface area contributed by atoms with Gasteiger partial charge in [0.2, 0.25) is 11.8 Å². The molecule has 35 heavy (non-hydrogen) atoms. The van der Waals surface area contributed by atoms with E-state index < -0.39 is 16.8 Å². The van der Waals surface area contributed by atoms with Crippen LogP contribution >= 0.6 is 0 Å². The molecule has 2 amide bonds. The van der Waals surface area contributed by atoms with Crippen molar-refractivity contribution in [3.63, 3.8) is 0 Å². The molecule has 3 aromatic rings. The number of H-pyrrole nitrogens is 1. The number of amides is 2.